The van der Waals surface area contributed by atoms with Crippen LogP contribution in [-0.2, 0) is 18.9 Å². The molecule has 2 heterocycles. The second-order valence-electron chi connectivity index (χ2n) is 14.6. The van der Waals surface area contributed by atoms with E-state index in [1.54, 1.807) is 0 Å². The zero-order chi connectivity index (χ0) is 35.6. The van der Waals surface area contributed by atoms with Crippen LogP contribution in [0, 0.1) is 47.3 Å². The van der Waals surface area contributed by atoms with E-state index >= 15 is 0 Å². The van der Waals surface area contributed by atoms with Gasteiger partial charge < -0.3 is 39.8 Å². The van der Waals surface area contributed by atoms with Crippen LogP contribution in [0.15, 0.2) is 23.7 Å². The number of aliphatic hydroxyl groups is 2. The summed E-state index contributed by atoms with van der Waals surface area (Å²) in [4.78, 5) is 0. The summed E-state index contributed by atoms with van der Waals surface area (Å²) < 4.78 is 23.7. The third kappa shape index (κ3) is 12.8. The van der Waals surface area contributed by atoms with Crippen molar-refractivity contribution in [1.29, 1.82) is 0 Å². The number of aliphatic hydroxyl groups excluding tert-OH is 2. The van der Waals surface area contributed by atoms with E-state index in [1.807, 2.05) is 12.5 Å². The smallest absolute Gasteiger partial charge is 0.157 e. The number of fused-ring (bicyclic) bond motifs is 2. The van der Waals surface area contributed by atoms with E-state index in [-0.39, 0.29) is 26.9 Å². The maximum Gasteiger partial charge on any atom is 0.157 e. The molecular formula is C36H72N2O10. The summed E-state index contributed by atoms with van der Waals surface area (Å²) in [5.41, 5.74) is 2.77. The van der Waals surface area contributed by atoms with Crippen LogP contribution < -0.4 is 10.6 Å². The van der Waals surface area contributed by atoms with Gasteiger partial charge in [-0.1, -0.05) is 27.7 Å². The molecule has 8 N–H and O–H groups in total. The highest BCUT2D eigenvalue weighted by molar-refractivity contribution is 5.16. The van der Waals surface area contributed by atoms with Gasteiger partial charge in [0.25, 0.3) is 0 Å². The van der Waals surface area contributed by atoms with E-state index in [1.165, 1.54) is 36.8 Å². The molecule has 6 unspecified atom stereocenters. The molecule has 12 heteroatoms. The lowest BCUT2D eigenvalue weighted by atomic mass is 9.66. The summed E-state index contributed by atoms with van der Waals surface area (Å²) in [6.07, 6.45) is 12.1. The molecule has 2 saturated carbocycles. The zero-order valence-corrected chi connectivity index (χ0v) is 30.3. The first kappa shape index (κ1) is 42.8. The molecule has 4 rings (SSSR count). The Morgan fingerprint density at radius 3 is 1.38 bits per heavy atom. The summed E-state index contributed by atoms with van der Waals surface area (Å²) >= 11 is 0. The lowest BCUT2D eigenvalue weighted by molar-refractivity contribution is -0.176. The maximum atomic E-state index is 10.8. The lowest BCUT2D eigenvalue weighted by Crippen LogP contribution is -2.37. The van der Waals surface area contributed by atoms with E-state index < -0.39 is 12.6 Å². The van der Waals surface area contributed by atoms with E-state index in [2.05, 4.69) is 52.2 Å². The van der Waals surface area contributed by atoms with Crippen molar-refractivity contribution in [2.75, 3.05) is 39.4 Å². The molecule has 0 spiro atoms. The van der Waals surface area contributed by atoms with Crippen LogP contribution in [0.4, 0.5) is 0 Å². The summed E-state index contributed by atoms with van der Waals surface area (Å²) in [6, 6.07) is 0. The Kier molecular flexibility index (Phi) is 20.7. The van der Waals surface area contributed by atoms with Crippen LogP contribution in [0.25, 0.3) is 0 Å². The van der Waals surface area contributed by atoms with E-state index in [0.717, 1.165) is 38.8 Å². The van der Waals surface area contributed by atoms with Gasteiger partial charge in [0, 0.05) is 40.9 Å². The molecule has 0 aromatic carbocycles. The zero-order valence-electron chi connectivity index (χ0n) is 30.3. The van der Waals surface area contributed by atoms with E-state index in [4.69, 9.17) is 40.0 Å². The Morgan fingerprint density at radius 2 is 1.00 bits per heavy atom. The molecule has 2 aliphatic heterocycles. The van der Waals surface area contributed by atoms with Gasteiger partial charge in [-0.05, 0) is 112 Å². The van der Waals surface area contributed by atoms with Gasteiger partial charge in [0.05, 0.1) is 37.9 Å². The minimum atomic E-state index is -0.778. The molecule has 4 aliphatic rings. The number of allylic oxidation sites excluding steroid dienone is 2. The quantitative estimate of drug-likeness (QED) is 0.0426. The van der Waals surface area contributed by atoms with Crippen molar-refractivity contribution in [2.45, 2.75) is 118 Å². The summed E-state index contributed by atoms with van der Waals surface area (Å²) in [6.45, 7) is 17.2. The van der Waals surface area contributed by atoms with E-state index in [0.29, 0.717) is 61.8 Å². The lowest BCUT2D eigenvalue weighted by Gasteiger charge is -2.40. The maximum absolute atomic E-state index is 10.8. The van der Waals surface area contributed by atoms with Gasteiger partial charge in [-0.25, -0.2) is 0 Å². The topological polar surface area (TPSA) is 182 Å². The van der Waals surface area contributed by atoms with Crippen molar-refractivity contribution in [3.05, 3.63) is 23.7 Å². The van der Waals surface area contributed by atoms with Crippen molar-refractivity contribution in [3.63, 3.8) is 0 Å². The monoisotopic (exact) mass is 693 g/mol. The molecule has 2 aliphatic carbocycles. The predicted molar refractivity (Wildman–Crippen MR) is 189 cm³/mol. The largest absolute Gasteiger partial charge is 0.498 e. The average molecular weight is 693 g/mol. The van der Waals surface area contributed by atoms with Crippen molar-refractivity contribution in [2.24, 2.45) is 47.3 Å². The van der Waals surface area contributed by atoms with Crippen LogP contribution in [0.1, 0.15) is 95.8 Å². The third-order valence-corrected chi connectivity index (χ3v) is 11.4. The number of rotatable bonds is 15. The molecule has 12 atom stereocenters. The SMILES string of the molecule is CC1CCC2C(=CO1)C([C@@H](C)[C@H](O)OCCNCCNCCO[C@@H](O)[C@H](C)C1CC[C@@H](C)C3CCC(C)OC=C31)CC[C@H]2C.OO.OO.[HH].[HH]. The molecule has 0 amide bonds. The number of hydrogen-bond donors (Lipinski definition) is 8. The van der Waals surface area contributed by atoms with Crippen LogP contribution in [0.5, 0.6) is 0 Å². The summed E-state index contributed by atoms with van der Waals surface area (Å²) in [5.74, 6) is 3.17. The number of ether oxygens (including phenoxy) is 4. The van der Waals surface area contributed by atoms with Gasteiger partial charge >= 0.3 is 0 Å². The van der Waals surface area contributed by atoms with Crippen LogP contribution in [0.3, 0.4) is 0 Å². The highest BCUT2D eigenvalue weighted by Gasteiger charge is 2.40. The fraction of sp³-hybridized carbons (Fsp3) is 0.889. The van der Waals surface area contributed by atoms with Crippen LogP contribution in [-0.4, -0.2) is 95.4 Å². The van der Waals surface area contributed by atoms with Crippen molar-refractivity contribution < 1.29 is 53.0 Å². The molecule has 48 heavy (non-hydrogen) atoms. The Balaban J connectivity index is 0.00000386. The van der Waals surface area contributed by atoms with Gasteiger partial charge in [0.1, 0.15) is 0 Å². The molecule has 286 valence electrons. The van der Waals surface area contributed by atoms with Gasteiger partial charge in [-0.15, -0.1) is 0 Å². The van der Waals surface area contributed by atoms with Crippen molar-refractivity contribution >= 4 is 0 Å². The average Bonchev–Trinajstić information content (AvgIpc) is 3.43. The highest BCUT2D eigenvalue weighted by Crippen LogP contribution is 2.47. The Labute approximate surface area is 291 Å². The molecule has 0 bridgehead atoms. The molecule has 0 aromatic heterocycles. The van der Waals surface area contributed by atoms with E-state index in [9.17, 15) is 10.2 Å². The molecule has 2 fully saturated rings. The number of nitrogens with one attached hydrogen (secondary N) is 2. The summed E-state index contributed by atoms with van der Waals surface area (Å²) in [7, 11) is 0. The molecule has 12 nitrogen and oxygen atoms in total. The standard InChI is InChI=1S/C36H64N2O6.2H2O2.2H2/c1-23-7-11-31(33-21-43-25(3)9-13-29(23)33)27(5)35(39)41-19-17-37-15-16-38-18-20-42-36(40)28(6)32-12-8-24(2)30-14-10-26(4)44-22-34(30)32;2*1-2;;/h21-32,35-40H,7-20H2,1-6H3;2*1-2H;2*1H/t23-,24-,25?,26?,27-,28-,29?,30?,31?,32?,35-,36-;;;;/m1..../s1. The Hall–Kier alpha value is -1.32. The minimum Gasteiger partial charge on any atom is -0.498 e. The fourth-order valence-electron chi connectivity index (χ4n) is 8.20. The Morgan fingerprint density at radius 1 is 0.625 bits per heavy atom. The second-order valence-corrected chi connectivity index (χ2v) is 14.6. The number of hydrogen-bond acceptors (Lipinski definition) is 12. The Bertz CT molecular complexity index is 863. The van der Waals surface area contributed by atoms with Gasteiger partial charge in [-0.3, -0.25) is 21.0 Å². The molecule has 0 radical (unpaired) electrons. The van der Waals surface area contributed by atoms with Gasteiger partial charge in [0.2, 0.25) is 0 Å². The first-order chi connectivity index (χ1) is 23.2. The molecular weight excluding hydrogens is 620 g/mol. The first-order valence-corrected chi connectivity index (χ1v) is 18.3. The van der Waals surface area contributed by atoms with Crippen LogP contribution in [0.2, 0.25) is 0 Å². The highest BCUT2D eigenvalue weighted by atomic mass is 17.0. The summed E-state index contributed by atoms with van der Waals surface area (Å²) in [5, 5.41) is 52.4. The van der Waals surface area contributed by atoms with Crippen molar-refractivity contribution in [3.8, 4) is 0 Å². The first-order valence-electron chi connectivity index (χ1n) is 18.3. The van der Waals surface area contributed by atoms with Gasteiger partial charge in [-0.2, -0.15) is 0 Å². The third-order valence-electron chi connectivity index (χ3n) is 11.4. The van der Waals surface area contributed by atoms with Crippen molar-refractivity contribution in [1.82, 2.24) is 10.6 Å². The fourth-order valence-corrected chi connectivity index (χ4v) is 8.20. The minimum absolute atomic E-state index is 0. The predicted octanol–water partition coefficient (Wildman–Crippen LogP) is 6.12. The normalized spacial score (nSPS) is 32.6. The molecule has 0 saturated heterocycles. The van der Waals surface area contributed by atoms with Crippen LogP contribution >= 0.6 is 0 Å². The van der Waals surface area contributed by atoms with Gasteiger partial charge in [0.15, 0.2) is 12.6 Å². The second kappa shape index (κ2) is 23.2. The molecule has 0 aromatic rings.